The monoisotopic (exact) mass is 390 g/mol. The number of carbonyl (C=O) groups excluding carboxylic acids is 1. The van der Waals surface area contributed by atoms with Gasteiger partial charge in [0.2, 0.25) is 5.91 Å². The first-order chi connectivity index (χ1) is 9.15. The van der Waals surface area contributed by atoms with Gasteiger partial charge in [-0.2, -0.15) is 0 Å². The molecule has 0 aromatic carbocycles. The maximum Gasteiger partial charge on any atom is 0.225 e. The fourth-order valence-electron chi connectivity index (χ4n) is 2.10. The van der Waals surface area contributed by atoms with Crippen molar-refractivity contribution in [1.82, 2.24) is 15.3 Å². The number of nitrogens with zero attached hydrogens (tertiary/aromatic N) is 2. The minimum absolute atomic E-state index is 0.0234. The summed E-state index contributed by atoms with van der Waals surface area (Å²) in [6, 6.07) is 0.471. The van der Waals surface area contributed by atoms with Crippen molar-refractivity contribution in [1.29, 1.82) is 0 Å². The maximum atomic E-state index is 11.9. The molecule has 1 aliphatic rings. The number of piperidine rings is 1. The molecule has 1 amide bonds. The standard InChI is InChI=1S/C12H16Br2N4O/c13-9-7-16-12(11(14)17-9)18-10(19)5-4-8-3-1-2-6-15-8/h7-8,15H,1-6H2,(H,16,18,19). The molecule has 1 saturated heterocycles. The van der Waals surface area contributed by atoms with Crippen LogP contribution >= 0.6 is 31.9 Å². The minimum Gasteiger partial charge on any atom is -0.314 e. The number of rotatable bonds is 4. The van der Waals surface area contributed by atoms with Crippen LogP contribution in [-0.4, -0.2) is 28.5 Å². The topological polar surface area (TPSA) is 66.9 Å². The second-order valence-corrected chi connectivity index (χ2v) is 6.13. The lowest BCUT2D eigenvalue weighted by molar-refractivity contribution is -0.116. The van der Waals surface area contributed by atoms with Gasteiger partial charge in [0.25, 0.3) is 0 Å². The highest BCUT2D eigenvalue weighted by Crippen LogP contribution is 2.20. The van der Waals surface area contributed by atoms with Gasteiger partial charge in [-0.15, -0.1) is 0 Å². The molecule has 2 heterocycles. The van der Waals surface area contributed by atoms with E-state index in [1.807, 2.05) is 0 Å². The van der Waals surface area contributed by atoms with Gasteiger partial charge in [-0.25, -0.2) is 9.97 Å². The van der Waals surface area contributed by atoms with Crippen molar-refractivity contribution < 1.29 is 4.79 Å². The zero-order valence-electron chi connectivity index (χ0n) is 10.5. The van der Waals surface area contributed by atoms with Crippen LogP contribution in [0, 0.1) is 0 Å². The Morgan fingerprint density at radius 2 is 2.32 bits per heavy atom. The first kappa shape index (κ1) is 14.9. The molecule has 1 atom stereocenters. The SMILES string of the molecule is O=C(CCC1CCCCN1)Nc1ncc(Br)nc1Br. The van der Waals surface area contributed by atoms with Crippen LogP contribution in [0.1, 0.15) is 32.1 Å². The summed E-state index contributed by atoms with van der Waals surface area (Å²) in [6.07, 6.45) is 6.58. The van der Waals surface area contributed by atoms with Crippen molar-refractivity contribution in [2.24, 2.45) is 0 Å². The Balaban J connectivity index is 1.80. The quantitative estimate of drug-likeness (QED) is 0.828. The average molecular weight is 392 g/mol. The second kappa shape index (κ2) is 7.31. The van der Waals surface area contributed by atoms with Crippen molar-refractivity contribution in [3.8, 4) is 0 Å². The highest BCUT2D eigenvalue weighted by Gasteiger charge is 2.15. The molecule has 0 saturated carbocycles. The molecule has 1 aromatic heterocycles. The van der Waals surface area contributed by atoms with Crippen LogP contribution in [0.15, 0.2) is 15.4 Å². The Kier molecular flexibility index (Phi) is 5.72. The summed E-state index contributed by atoms with van der Waals surface area (Å²) in [5.41, 5.74) is 0. The van der Waals surface area contributed by atoms with Gasteiger partial charge in [-0.05, 0) is 57.7 Å². The Labute approximate surface area is 129 Å². The van der Waals surface area contributed by atoms with Crippen molar-refractivity contribution in [2.45, 2.75) is 38.1 Å². The molecule has 1 fully saturated rings. The highest BCUT2D eigenvalue weighted by atomic mass is 79.9. The van der Waals surface area contributed by atoms with Gasteiger partial charge in [-0.3, -0.25) is 4.79 Å². The Bertz CT molecular complexity index is 449. The lowest BCUT2D eigenvalue weighted by atomic mass is 10.0. The number of amides is 1. The van der Waals surface area contributed by atoms with Crippen molar-refractivity contribution in [3.63, 3.8) is 0 Å². The predicted molar refractivity (Wildman–Crippen MR) is 80.9 cm³/mol. The fourth-order valence-corrected chi connectivity index (χ4v) is 3.01. The molecule has 7 heteroatoms. The second-order valence-electron chi connectivity index (χ2n) is 4.57. The smallest absolute Gasteiger partial charge is 0.225 e. The summed E-state index contributed by atoms with van der Waals surface area (Å²) in [7, 11) is 0. The van der Waals surface area contributed by atoms with E-state index in [1.54, 1.807) is 6.20 Å². The molecule has 1 aliphatic heterocycles. The van der Waals surface area contributed by atoms with E-state index in [2.05, 4.69) is 52.5 Å². The molecule has 104 valence electrons. The van der Waals surface area contributed by atoms with Gasteiger partial charge >= 0.3 is 0 Å². The number of nitrogens with one attached hydrogen (secondary N) is 2. The zero-order valence-corrected chi connectivity index (χ0v) is 13.6. The molecule has 1 aromatic rings. The van der Waals surface area contributed by atoms with Gasteiger partial charge < -0.3 is 10.6 Å². The van der Waals surface area contributed by atoms with Gasteiger partial charge in [0.15, 0.2) is 5.82 Å². The first-order valence-electron chi connectivity index (χ1n) is 6.36. The number of halogens is 2. The molecular formula is C12H16Br2N4O. The lowest BCUT2D eigenvalue weighted by Crippen LogP contribution is -2.34. The number of aromatic nitrogens is 2. The summed E-state index contributed by atoms with van der Waals surface area (Å²) >= 11 is 6.49. The fraction of sp³-hybridized carbons (Fsp3) is 0.583. The third-order valence-electron chi connectivity index (χ3n) is 3.09. The van der Waals surface area contributed by atoms with E-state index in [9.17, 15) is 4.79 Å². The van der Waals surface area contributed by atoms with Gasteiger partial charge in [-0.1, -0.05) is 6.42 Å². The van der Waals surface area contributed by atoms with Crippen LogP contribution in [0.5, 0.6) is 0 Å². The van der Waals surface area contributed by atoms with Crippen LogP contribution < -0.4 is 10.6 Å². The van der Waals surface area contributed by atoms with Crippen molar-refractivity contribution >= 4 is 43.6 Å². The Morgan fingerprint density at radius 3 is 3.00 bits per heavy atom. The van der Waals surface area contributed by atoms with Crippen molar-refractivity contribution in [2.75, 3.05) is 11.9 Å². The average Bonchev–Trinajstić information content (AvgIpc) is 2.41. The van der Waals surface area contributed by atoms with E-state index in [0.29, 0.717) is 27.5 Å². The molecule has 2 rings (SSSR count). The van der Waals surface area contributed by atoms with Crippen LogP contribution in [0.4, 0.5) is 5.82 Å². The summed E-state index contributed by atoms with van der Waals surface area (Å²) in [6.45, 7) is 1.07. The summed E-state index contributed by atoms with van der Waals surface area (Å²) in [4.78, 5) is 20.1. The van der Waals surface area contributed by atoms with E-state index in [4.69, 9.17) is 0 Å². The van der Waals surface area contributed by atoms with Gasteiger partial charge in [0, 0.05) is 12.5 Å². The first-order valence-corrected chi connectivity index (χ1v) is 7.95. The molecule has 2 N–H and O–H groups in total. The van der Waals surface area contributed by atoms with E-state index in [-0.39, 0.29) is 5.91 Å². The zero-order chi connectivity index (χ0) is 13.7. The third-order valence-corrected chi connectivity index (χ3v) is 4.03. The van der Waals surface area contributed by atoms with Crippen LogP contribution in [0.3, 0.4) is 0 Å². The van der Waals surface area contributed by atoms with E-state index < -0.39 is 0 Å². The molecule has 0 aliphatic carbocycles. The number of hydrogen-bond donors (Lipinski definition) is 2. The van der Waals surface area contributed by atoms with E-state index in [0.717, 1.165) is 19.4 Å². The van der Waals surface area contributed by atoms with E-state index in [1.165, 1.54) is 12.8 Å². The van der Waals surface area contributed by atoms with E-state index >= 15 is 0 Å². The molecule has 0 radical (unpaired) electrons. The largest absolute Gasteiger partial charge is 0.314 e. The Hall–Kier alpha value is -0.530. The molecule has 0 spiro atoms. The highest BCUT2D eigenvalue weighted by molar-refractivity contribution is 9.11. The van der Waals surface area contributed by atoms with Crippen LogP contribution in [0.25, 0.3) is 0 Å². The normalized spacial score (nSPS) is 19.2. The molecule has 5 nitrogen and oxygen atoms in total. The van der Waals surface area contributed by atoms with Crippen molar-refractivity contribution in [3.05, 3.63) is 15.4 Å². The van der Waals surface area contributed by atoms with Crippen LogP contribution in [-0.2, 0) is 4.79 Å². The summed E-state index contributed by atoms with van der Waals surface area (Å²) < 4.78 is 1.16. The summed E-state index contributed by atoms with van der Waals surface area (Å²) in [5, 5.41) is 6.20. The Morgan fingerprint density at radius 1 is 1.47 bits per heavy atom. The minimum atomic E-state index is -0.0234. The molecule has 1 unspecified atom stereocenters. The molecule has 19 heavy (non-hydrogen) atoms. The molecule has 0 bridgehead atoms. The number of hydrogen-bond acceptors (Lipinski definition) is 4. The lowest BCUT2D eigenvalue weighted by Gasteiger charge is -2.22. The number of carbonyl (C=O) groups is 1. The van der Waals surface area contributed by atoms with Gasteiger partial charge in [0.1, 0.15) is 9.21 Å². The maximum absolute atomic E-state index is 11.9. The van der Waals surface area contributed by atoms with Crippen LogP contribution in [0.2, 0.25) is 0 Å². The predicted octanol–water partition coefficient (Wildman–Crippen LogP) is 2.86. The third kappa shape index (κ3) is 4.81. The van der Waals surface area contributed by atoms with Gasteiger partial charge in [0.05, 0.1) is 6.20 Å². The molecular weight excluding hydrogens is 376 g/mol. The number of anilines is 1. The summed E-state index contributed by atoms with van der Waals surface area (Å²) in [5.74, 6) is 0.439.